The van der Waals surface area contributed by atoms with Gasteiger partial charge in [0.05, 0.1) is 12.5 Å². The summed E-state index contributed by atoms with van der Waals surface area (Å²) in [7, 11) is 0. The number of likely N-dealkylation sites (tertiary alicyclic amines) is 1. The van der Waals surface area contributed by atoms with Crippen molar-refractivity contribution in [3.8, 4) is 0 Å². The number of hydrogen-bond acceptors (Lipinski definition) is 4. The predicted molar refractivity (Wildman–Crippen MR) is 77.3 cm³/mol. The molecule has 4 amide bonds. The first-order valence-electron chi connectivity index (χ1n) is 7.72. The van der Waals surface area contributed by atoms with Gasteiger partial charge in [-0.05, 0) is 12.8 Å². The molecular weight excluding hydrogens is 272 g/mol. The molecule has 0 radical (unpaired) electrons. The molecule has 2 aliphatic rings. The van der Waals surface area contributed by atoms with Crippen LogP contribution in [0.3, 0.4) is 0 Å². The summed E-state index contributed by atoms with van der Waals surface area (Å²) in [6, 6.07) is -0.982. The van der Waals surface area contributed by atoms with E-state index >= 15 is 0 Å². The highest BCUT2D eigenvalue weighted by Crippen LogP contribution is 2.26. The van der Waals surface area contributed by atoms with Gasteiger partial charge in [0.2, 0.25) is 11.8 Å². The molecule has 1 saturated heterocycles. The van der Waals surface area contributed by atoms with Crippen LogP contribution >= 0.6 is 0 Å². The van der Waals surface area contributed by atoms with Crippen LogP contribution in [-0.4, -0.2) is 47.9 Å². The number of nitrogens with two attached hydrogens (primary N) is 1. The van der Waals surface area contributed by atoms with E-state index in [-0.39, 0.29) is 24.3 Å². The summed E-state index contributed by atoms with van der Waals surface area (Å²) >= 11 is 0. The van der Waals surface area contributed by atoms with E-state index < -0.39 is 12.1 Å². The molecule has 1 aliphatic heterocycles. The SMILES string of the molecule is NC(=O)NCCNC1CC(=O)N(C2CCCCCC2)C1=O. The maximum atomic E-state index is 12.4. The van der Waals surface area contributed by atoms with Crippen molar-refractivity contribution in [1.29, 1.82) is 0 Å². The van der Waals surface area contributed by atoms with Crippen LogP contribution in [0.25, 0.3) is 0 Å². The second kappa shape index (κ2) is 7.40. The van der Waals surface area contributed by atoms with Crippen LogP contribution in [0.1, 0.15) is 44.9 Å². The Balaban J connectivity index is 1.85. The Labute approximate surface area is 124 Å². The van der Waals surface area contributed by atoms with E-state index in [0.29, 0.717) is 13.1 Å². The Morgan fingerprint density at radius 3 is 2.43 bits per heavy atom. The smallest absolute Gasteiger partial charge is 0.312 e. The quantitative estimate of drug-likeness (QED) is 0.380. The molecule has 4 N–H and O–H groups in total. The summed E-state index contributed by atoms with van der Waals surface area (Å²) in [4.78, 5) is 36.5. The molecule has 1 heterocycles. The molecule has 0 aromatic carbocycles. The van der Waals surface area contributed by atoms with Gasteiger partial charge in [-0.3, -0.25) is 14.5 Å². The Bertz CT molecular complexity index is 405. The Morgan fingerprint density at radius 2 is 1.81 bits per heavy atom. The zero-order chi connectivity index (χ0) is 15.2. The summed E-state index contributed by atoms with van der Waals surface area (Å²) < 4.78 is 0. The lowest BCUT2D eigenvalue weighted by molar-refractivity contribution is -0.141. The minimum atomic E-state index is -0.592. The van der Waals surface area contributed by atoms with Gasteiger partial charge in [0.25, 0.3) is 0 Å². The van der Waals surface area contributed by atoms with Gasteiger partial charge in [-0.1, -0.05) is 25.7 Å². The van der Waals surface area contributed by atoms with E-state index in [2.05, 4.69) is 10.6 Å². The van der Waals surface area contributed by atoms with Gasteiger partial charge in [0, 0.05) is 19.1 Å². The van der Waals surface area contributed by atoms with Crippen LogP contribution in [-0.2, 0) is 9.59 Å². The molecule has 7 heteroatoms. The lowest BCUT2D eigenvalue weighted by Crippen LogP contribution is -2.45. The van der Waals surface area contributed by atoms with E-state index in [1.807, 2.05) is 0 Å². The number of rotatable bonds is 5. The van der Waals surface area contributed by atoms with Crippen molar-refractivity contribution in [1.82, 2.24) is 15.5 Å². The number of nitrogens with zero attached hydrogens (tertiary/aromatic N) is 1. The van der Waals surface area contributed by atoms with Gasteiger partial charge >= 0.3 is 6.03 Å². The summed E-state index contributed by atoms with van der Waals surface area (Å²) in [5, 5.41) is 5.46. The fourth-order valence-electron chi connectivity index (χ4n) is 3.14. The molecule has 0 aromatic rings. The van der Waals surface area contributed by atoms with Gasteiger partial charge < -0.3 is 16.4 Å². The number of imide groups is 1. The average Bonchev–Trinajstić information content (AvgIpc) is 2.63. The first-order chi connectivity index (χ1) is 10.1. The molecule has 21 heavy (non-hydrogen) atoms. The molecule has 2 fully saturated rings. The third-order valence-electron chi connectivity index (χ3n) is 4.19. The number of primary amides is 1. The van der Waals surface area contributed by atoms with Crippen LogP contribution in [0.2, 0.25) is 0 Å². The molecular formula is C14H24N4O3. The van der Waals surface area contributed by atoms with Crippen molar-refractivity contribution < 1.29 is 14.4 Å². The third-order valence-corrected chi connectivity index (χ3v) is 4.19. The standard InChI is InChI=1S/C14H24N4O3/c15-14(21)17-8-7-16-11-9-12(19)18(13(11)20)10-5-3-1-2-4-6-10/h10-11,16H,1-9H2,(H3,15,17,21). The Kier molecular flexibility index (Phi) is 5.55. The lowest BCUT2D eigenvalue weighted by atomic mass is 10.1. The molecule has 1 unspecified atom stereocenters. The fraction of sp³-hybridized carbons (Fsp3) is 0.786. The Hall–Kier alpha value is -1.63. The van der Waals surface area contributed by atoms with Crippen LogP contribution in [0.4, 0.5) is 4.79 Å². The summed E-state index contributed by atoms with van der Waals surface area (Å²) in [5.74, 6) is -0.196. The molecule has 0 bridgehead atoms. The van der Waals surface area contributed by atoms with E-state index in [1.54, 1.807) is 0 Å². The summed E-state index contributed by atoms with van der Waals surface area (Å²) in [5.41, 5.74) is 4.96. The number of amides is 4. The molecule has 118 valence electrons. The van der Waals surface area contributed by atoms with Crippen LogP contribution in [0.5, 0.6) is 0 Å². The summed E-state index contributed by atoms with van der Waals surface area (Å²) in [6.07, 6.45) is 6.61. The number of carbonyl (C=O) groups excluding carboxylic acids is 3. The average molecular weight is 296 g/mol. The van der Waals surface area contributed by atoms with Crippen molar-refractivity contribution in [3.63, 3.8) is 0 Å². The van der Waals surface area contributed by atoms with Crippen molar-refractivity contribution in [2.75, 3.05) is 13.1 Å². The van der Waals surface area contributed by atoms with Gasteiger partial charge in [-0.2, -0.15) is 0 Å². The second-order valence-electron chi connectivity index (χ2n) is 5.75. The maximum Gasteiger partial charge on any atom is 0.312 e. The van der Waals surface area contributed by atoms with Crippen molar-refractivity contribution in [3.05, 3.63) is 0 Å². The van der Waals surface area contributed by atoms with Gasteiger partial charge in [-0.25, -0.2) is 4.79 Å². The normalized spacial score (nSPS) is 24.2. The van der Waals surface area contributed by atoms with E-state index in [4.69, 9.17) is 5.73 Å². The zero-order valence-corrected chi connectivity index (χ0v) is 12.3. The highest BCUT2D eigenvalue weighted by Gasteiger charge is 2.41. The Morgan fingerprint density at radius 1 is 1.14 bits per heavy atom. The largest absolute Gasteiger partial charge is 0.352 e. The number of hydrogen-bond donors (Lipinski definition) is 3. The minimum Gasteiger partial charge on any atom is -0.352 e. The van der Waals surface area contributed by atoms with Gasteiger partial charge in [-0.15, -0.1) is 0 Å². The van der Waals surface area contributed by atoms with E-state index in [0.717, 1.165) is 25.7 Å². The monoisotopic (exact) mass is 296 g/mol. The van der Waals surface area contributed by atoms with Crippen LogP contribution < -0.4 is 16.4 Å². The minimum absolute atomic E-state index is 0.0723. The van der Waals surface area contributed by atoms with E-state index in [1.165, 1.54) is 17.7 Å². The fourth-order valence-corrected chi connectivity index (χ4v) is 3.14. The molecule has 1 aliphatic carbocycles. The van der Waals surface area contributed by atoms with Gasteiger partial charge in [0.15, 0.2) is 0 Å². The summed E-state index contributed by atoms with van der Waals surface area (Å²) in [6.45, 7) is 0.766. The predicted octanol–water partition coefficient (Wildman–Crippen LogP) is 0.0946. The first kappa shape index (κ1) is 15.8. The van der Waals surface area contributed by atoms with Crippen LogP contribution in [0.15, 0.2) is 0 Å². The molecule has 2 rings (SSSR count). The third kappa shape index (κ3) is 4.17. The van der Waals surface area contributed by atoms with E-state index in [9.17, 15) is 14.4 Å². The zero-order valence-electron chi connectivity index (χ0n) is 12.3. The molecule has 7 nitrogen and oxygen atoms in total. The number of carbonyl (C=O) groups is 3. The van der Waals surface area contributed by atoms with Crippen LogP contribution in [0, 0.1) is 0 Å². The topological polar surface area (TPSA) is 105 Å². The second-order valence-corrected chi connectivity index (χ2v) is 5.75. The first-order valence-corrected chi connectivity index (χ1v) is 7.72. The molecule has 0 spiro atoms. The van der Waals surface area contributed by atoms with Gasteiger partial charge in [0.1, 0.15) is 0 Å². The van der Waals surface area contributed by atoms with Crippen molar-refractivity contribution >= 4 is 17.8 Å². The molecule has 0 aromatic heterocycles. The maximum absolute atomic E-state index is 12.4. The lowest BCUT2D eigenvalue weighted by Gasteiger charge is -2.25. The highest BCUT2D eigenvalue weighted by atomic mass is 16.2. The van der Waals surface area contributed by atoms with Crippen molar-refractivity contribution in [2.45, 2.75) is 57.0 Å². The number of urea groups is 1. The highest BCUT2D eigenvalue weighted by molar-refractivity contribution is 6.05. The van der Waals surface area contributed by atoms with Crippen molar-refractivity contribution in [2.24, 2.45) is 5.73 Å². The molecule has 1 atom stereocenters. The number of nitrogens with one attached hydrogen (secondary N) is 2. The molecule has 1 saturated carbocycles.